The van der Waals surface area contributed by atoms with Gasteiger partial charge in [0.1, 0.15) is 5.66 Å². The fraction of sp³-hybridized carbons (Fsp3) is 0.478. The fourth-order valence-corrected chi connectivity index (χ4v) is 5.45. The van der Waals surface area contributed by atoms with Gasteiger partial charge in [-0.25, -0.2) is 0 Å². The number of rotatable bonds is 2. The van der Waals surface area contributed by atoms with Gasteiger partial charge in [-0.1, -0.05) is 18.6 Å². The first-order chi connectivity index (χ1) is 13.9. The van der Waals surface area contributed by atoms with E-state index in [2.05, 4.69) is 17.6 Å². The molecule has 1 saturated carbocycles. The molecule has 2 amide bonds. The molecule has 3 aliphatic rings. The molecule has 152 valence electrons. The van der Waals surface area contributed by atoms with Crippen molar-refractivity contribution in [2.75, 3.05) is 18.4 Å². The number of aryl methyl sites for hydroxylation is 2. The Hall–Kier alpha value is -2.76. The topological polar surface area (TPSA) is 74.6 Å². The summed E-state index contributed by atoms with van der Waals surface area (Å²) in [6.45, 7) is 7.35. The molecule has 3 atom stereocenters. The van der Waals surface area contributed by atoms with E-state index in [1.807, 2.05) is 36.9 Å². The van der Waals surface area contributed by atoms with Crippen LogP contribution in [0, 0.1) is 25.7 Å². The van der Waals surface area contributed by atoms with Crippen LogP contribution in [0.4, 0.5) is 5.69 Å². The molecule has 2 aliphatic heterocycles. The molecule has 0 bridgehead atoms. The van der Waals surface area contributed by atoms with Gasteiger partial charge in [0.05, 0.1) is 11.8 Å². The second kappa shape index (κ2) is 6.37. The zero-order chi connectivity index (χ0) is 20.3. The molecule has 0 unspecified atom stereocenters. The van der Waals surface area contributed by atoms with E-state index in [9.17, 15) is 9.59 Å². The molecule has 2 fully saturated rings. The van der Waals surface area contributed by atoms with Crippen molar-refractivity contribution in [2.45, 2.75) is 45.7 Å². The molecular formula is C23H27N3O3. The largest absolute Gasteiger partial charge is 0.459 e. The first-order valence-corrected chi connectivity index (χ1v) is 10.5. The summed E-state index contributed by atoms with van der Waals surface area (Å²) >= 11 is 0. The first-order valence-electron chi connectivity index (χ1n) is 10.5. The normalized spacial score (nSPS) is 27.6. The highest BCUT2D eigenvalue weighted by atomic mass is 16.3. The quantitative estimate of drug-likeness (QED) is 0.819. The Morgan fingerprint density at radius 2 is 2.10 bits per heavy atom. The number of anilines is 1. The molecule has 1 aromatic carbocycles. The molecule has 6 heteroatoms. The molecule has 0 radical (unpaired) electrons. The summed E-state index contributed by atoms with van der Waals surface area (Å²) < 4.78 is 5.62. The predicted octanol–water partition coefficient (Wildman–Crippen LogP) is 3.49. The van der Waals surface area contributed by atoms with Crippen LogP contribution in [0.2, 0.25) is 0 Å². The number of amides is 2. The van der Waals surface area contributed by atoms with Crippen LogP contribution < -0.4 is 10.6 Å². The zero-order valence-corrected chi connectivity index (χ0v) is 17.2. The van der Waals surface area contributed by atoms with Crippen LogP contribution >= 0.6 is 0 Å². The maximum absolute atomic E-state index is 13.1. The number of hydrogen-bond donors (Lipinski definition) is 2. The Morgan fingerprint density at radius 3 is 2.86 bits per heavy atom. The van der Waals surface area contributed by atoms with Gasteiger partial charge in [-0.05, 0) is 56.7 Å². The van der Waals surface area contributed by atoms with Crippen molar-refractivity contribution in [3.8, 4) is 0 Å². The van der Waals surface area contributed by atoms with Gasteiger partial charge in [-0.3, -0.25) is 9.59 Å². The number of nitrogens with one attached hydrogen (secondary N) is 2. The monoisotopic (exact) mass is 393 g/mol. The summed E-state index contributed by atoms with van der Waals surface area (Å²) in [7, 11) is 0. The minimum absolute atomic E-state index is 0.0256. The van der Waals surface area contributed by atoms with Gasteiger partial charge in [-0.15, -0.1) is 0 Å². The van der Waals surface area contributed by atoms with Gasteiger partial charge in [0.15, 0.2) is 5.76 Å². The third-order valence-corrected chi connectivity index (χ3v) is 7.10. The van der Waals surface area contributed by atoms with Crippen LogP contribution in [-0.4, -0.2) is 35.5 Å². The Kier molecular flexibility index (Phi) is 4.02. The third-order valence-electron chi connectivity index (χ3n) is 7.10. The lowest BCUT2D eigenvalue weighted by Gasteiger charge is -2.42. The molecule has 1 spiro atoms. The summed E-state index contributed by atoms with van der Waals surface area (Å²) in [5.74, 6) is 0.954. The van der Waals surface area contributed by atoms with E-state index in [-0.39, 0.29) is 17.7 Å². The van der Waals surface area contributed by atoms with E-state index in [0.29, 0.717) is 30.3 Å². The number of hydrogen-bond acceptors (Lipinski definition) is 4. The predicted molar refractivity (Wildman–Crippen MR) is 110 cm³/mol. The van der Waals surface area contributed by atoms with E-state index in [1.54, 1.807) is 6.26 Å². The maximum Gasteiger partial charge on any atom is 0.289 e. The molecule has 2 N–H and O–H groups in total. The fourth-order valence-electron chi connectivity index (χ4n) is 5.45. The highest BCUT2D eigenvalue weighted by molar-refractivity contribution is 6.02. The number of likely N-dealkylation sites (tertiary alicyclic amines) is 1. The van der Waals surface area contributed by atoms with Crippen molar-refractivity contribution >= 4 is 17.5 Å². The molecule has 6 nitrogen and oxygen atoms in total. The number of benzene rings is 1. The molecule has 1 saturated heterocycles. The second-order valence-electron chi connectivity index (χ2n) is 8.78. The molecule has 3 heterocycles. The Balaban J connectivity index is 1.40. The lowest BCUT2D eigenvalue weighted by Crippen LogP contribution is -2.61. The summed E-state index contributed by atoms with van der Waals surface area (Å²) in [6, 6.07) is 5.95. The standard InChI is InChI=1S/C23H27N3O3/c1-4-15-12-29-20(14(15)3)22(28)26-10-16-7-8-23(18(16)11-26)24-19-6-5-13(2)9-17(19)21(27)25-23/h5-6,9,12,16,18,24H,4,7-8,10-11H2,1-3H3,(H,25,27)/t16-,18-,23+/m0/s1. The van der Waals surface area contributed by atoms with Crippen molar-refractivity contribution in [2.24, 2.45) is 11.8 Å². The van der Waals surface area contributed by atoms with Crippen molar-refractivity contribution in [1.29, 1.82) is 0 Å². The number of furan rings is 1. The number of carbonyl (C=O) groups excluding carboxylic acids is 2. The highest BCUT2D eigenvalue weighted by Gasteiger charge is 2.56. The van der Waals surface area contributed by atoms with Gasteiger partial charge in [0.2, 0.25) is 0 Å². The van der Waals surface area contributed by atoms with Gasteiger partial charge in [0, 0.05) is 30.3 Å². The SMILES string of the molecule is CCc1coc(C(=O)N2C[C@@H]3CC[C@@]4(NC(=O)c5cc(C)ccc5N4)[C@H]3C2)c1C. The second-order valence-corrected chi connectivity index (χ2v) is 8.78. The molecule has 1 aliphatic carbocycles. The van der Waals surface area contributed by atoms with Crippen molar-refractivity contribution in [1.82, 2.24) is 10.2 Å². The van der Waals surface area contributed by atoms with Crippen LogP contribution in [-0.2, 0) is 6.42 Å². The molecule has 5 rings (SSSR count). The van der Waals surface area contributed by atoms with E-state index >= 15 is 0 Å². The number of fused-ring (bicyclic) bond motifs is 3. The Labute approximate surface area is 170 Å². The van der Waals surface area contributed by atoms with Gasteiger partial charge >= 0.3 is 0 Å². The van der Waals surface area contributed by atoms with Crippen molar-refractivity contribution in [3.63, 3.8) is 0 Å². The van der Waals surface area contributed by atoms with E-state index in [0.717, 1.165) is 41.6 Å². The molecule has 29 heavy (non-hydrogen) atoms. The molecular weight excluding hydrogens is 366 g/mol. The van der Waals surface area contributed by atoms with Crippen LogP contribution in [0.5, 0.6) is 0 Å². The van der Waals surface area contributed by atoms with Gasteiger partial charge < -0.3 is 20.0 Å². The maximum atomic E-state index is 13.1. The summed E-state index contributed by atoms with van der Waals surface area (Å²) in [5.41, 5.74) is 4.20. The smallest absolute Gasteiger partial charge is 0.289 e. The Bertz CT molecular complexity index is 1010. The van der Waals surface area contributed by atoms with E-state index in [1.165, 1.54) is 0 Å². The van der Waals surface area contributed by atoms with Crippen molar-refractivity contribution in [3.05, 3.63) is 52.5 Å². The minimum Gasteiger partial charge on any atom is -0.459 e. The van der Waals surface area contributed by atoms with E-state index < -0.39 is 5.66 Å². The summed E-state index contributed by atoms with van der Waals surface area (Å²) in [4.78, 5) is 27.9. The summed E-state index contributed by atoms with van der Waals surface area (Å²) in [6.07, 6.45) is 4.41. The van der Waals surface area contributed by atoms with Gasteiger partial charge in [0.25, 0.3) is 11.8 Å². The zero-order valence-electron chi connectivity index (χ0n) is 17.2. The number of nitrogens with zero attached hydrogens (tertiary/aromatic N) is 1. The highest BCUT2D eigenvalue weighted by Crippen LogP contribution is 2.47. The first kappa shape index (κ1) is 18.3. The van der Waals surface area contributed by atoms with Crippen LogP contribution in [0.25, 0.3) is 0 Å². The Morgan fingerprint density at radius 1 is 1.28 bits per heavy atom. The summed E-state index contributed by atoms with van der Waals surface area (Å²) in [5, 5.41) is 6.89. The average molecular weight is 393 g/mol. The average Bonchev–Trinajstić information content (AvgIpc) is 3.37. The lowest BCUT2D eigenvalue weighted by atomic mass is 9.89. The third kappa shape index (κ3) is 2.69. The molecule has 2 aromatic rings. The molecule has 1 aromatic heterocycles. The van der Waals surface area contributed by atoms with Crippen LogP contribution in [0.3, 0.4) is 0 Å². The number of carbonyl (C=O) groups is 2. The van der Waals surface area contributed by atoms with E-state index in [4.69, 9.17) is 4.42 Å². The minimum atomic E-state index is -0.480. The van der Waals surface area contributed by atoms with Gasteiger partial charge in [-0.2, -0.15) is 0 Å². The lowest BCUT2D eigenvalue weighted by molar-refractivity contribution is 0.0736. The van der Waals surface area contributed by atoms with Crippen LogP contribution in [0.1, 0.15) is 57.4 Å². The van der Waals surface area contributed by atoms with Crippen LogP contribution in [0.15, 0.2) is 28.9 Å². The van der Waals surface area contributed by atoms with Crippen molar-refractivity contribution < 1.29 is 14.0 Å².